The maximum atomic E-state index is 12.7. The fourth-order valence-electron chi connectivity index (χ4n) is 2.56. The van der Waals surface area contributed by atoms with Crippen LogP contribution in [0, 0.1) is 0 Å². The van der Waals surface area contributed by atoms with Crippen LogP contribution in [-0.2, 0) is 14.9 Å². The Balaban J connectivity index is 1.88. The van der Waals surface area contributed by atoms with Crippen LogP contribution in [0.4, 0.5) is 0 Å². The Morgan fingerprint density at radius 2 is 1.79 bits per heavy atom. The van der Waals surface area contributed by atoms with E-state index in [1.54, 1.807) is 12.1 Å². The van der Waals surface area contributed by atoms with Gasteiger partial charge in [0.25, 0.3) is 0 Å². The van der Waals surface area contributed by atoms with Crippen molar-refractivity contribution in [3.05, 3.63) is 52.5 Å². The number of thioether (sulfide) groups is 2. The molecular weight excluding hydrogens is 444 g/mol. The summed E-state index contributed by atoms with van der Waals surface area (Å²) in [5.74, 6) is 1.91. The van der Waals surface area contributed by atoms with Crippen molar-refractivity contribution in [1.29, 1.82) is 0 Å². The van der Waals surface area contributed by atoms with Crippen molar-refractivity contribution in [2.45, 2.75) is 9.48 Å². The molecule has 6 nitrogen and oxygen atoms in total. The van der Waals surface area contributed by atoms with Crippen molar-refractivity contribution >= 4 is 51.2 Å². The minimum atomic E-state index is -4.23. The molecule has 0 unspecified atom stereocenters. The minimum Gasteiger partial charge on any atom is -0.493 e. The summed E-state index contributed by atoms with van der Waals surface area (Å²) in [6.07, 6.45) is 0. The van der Waals surface area contributed by atoms with Gasteiger partial charge in [-0.15, -0.1) is 23.5 Å². The van der Waals surface area contributed by atoms with Gasteiger partial charge in [0, 0.05) is 11.5 Å². The number of methoxy groups -OCH3 is 2. The molecule has 2 aromatic rings. The second-order valence-electron chi connectivity index (χ2n) is 5.66. The molecule has 28 heavy (non-hydrogen) atoms. The van der Waals surface area contributed by atoms with E-state index in [9.17, 15) is 13.2 Å². The van der Waals surface area contributed by atoms with E-state index in [0.717, 1.165) is 17.1 Å². The van der Waals surface area contributed by atoms with E-state index in [-0.39, 0.29) is 21.2 Å². The fourth-order valence-corrected chi connectivity index (χ4v) is 6.86. The zero-order valence-electron chi connectivity index (χ0n) is 15.0. The monoisotopic (exact) mass is 460 g/mol. The van der Waals surface area contributed by atoms with Crippen molar-refractivity contribution < 1.29 is 26.9 Å². The molecule has 1 fully saturated rings. The molecule has 150 valence electrons. The summed E-state index contributed by atoms with van der Waals surface area (Å²) in [5.41, 5.74) is 1.18. The molecule has 0 aliphatic carbocycles. The summed E-state index contributed by atoms with van der Waals surface area (Å²) in [5, 5.41) is -0.141. The molecule has 2 aromatic carbocycles. The second-order valence-corrected chi connectivity index (χ2v) is 10.3. The summed E-state index contributed by atoms with van der Waals surface area (Å²) in [7, 11) is -1.56. The maximum Gasteiger partial charge on any atom is 0.340 e. The molecule has 0 amide bonds. The quantitative estimate of drug-likeness (QED) is 0.464. The van der Waals surface area contributed by atoms with Crippen LogP contribution in [0.1, 0.15) is 20.5 Å². The Labute approximate surface area is 177 Å². The van der Waals surface area contributed by atoms with Crippen LogP contribution in [-0.4, -0.2) is 40.1 Å². The summed E-state index contributed by atoms with van der Waals surface area (Å²) in [4.78, 5) is 11.3. The third-order valence-electron chi connectivity index (χ3n) is 3.90. The predicted octanol–water partition coefficient (Wildman–Crippen LogP) is 4.38. The molecule has 0 saturated carbocycles. The van der Waals surface area contributed by atoms with Crippen LogP contribution in [0.5, 0.6) is 11.5 Å². The first kappa shape index (κ1) is 21.2. The highest BCUT2D eigenvalue weighted by Crippen LogP contribution is 2.47. The maximum absolute atomic E-state index is 12.7. The third kappa shape index (κ3) is 4.53. The Kier molecular flexibility index (Phi) is 6.69. The number of rotatable bonds is 6. The van der Waals surface area contributed by atoms with Crippen LogP contribution < -0.4 is 8.92 Å². The highest BCUT2D eigenvalue weighted by atomic mass is 35.5. The van der Waals surface area contributed by atoms with Gasteiger partial charge in [0.1, 0.15) is 4.90 Å². The SMILES string of the molecule is COC(=O)c1ccc(S(=O)(=O)Oc2ccc(C3SCCS3)cc2OC)c(Cl)c1. The van der Waals surface area contributed by atoms with E-state index < -0.39 is 16.1 Å². The van der Waals surface area contributed by atoms with E-state index in [1.165, 1.54) is 32.4 Å². The molecule has 3 rings (SSSR count). The van der Waals surface area contributed by atoms with Gasteiger partial charge in [0.2, 0.25) is 0 Å². The van der Waals surface area contributed by atoms with Crippen LogP contribution in [0.25, 0.3) is 0 Å². The standard InChI is InChI=1S/C18H17ClO6S3/c1-23-15-10-12(18-26-7-8-27-18)3-5-14(15)25-28(21,22)16-6-4-11(9-13(16)19)17(20)24-2/h3-6,9-10,18H,7-8H2,1-2H3. The molecule has 10 heteroatoms. The number of ether oxygens (including phenoxy) is 2. The van der Waals surface area contributed by atoms with Gasteiger partial charge in [-0.1, -0.05) is 17.7 Å². The topological polar surface area (TPSA) is 78.9 Å². The summed E-state index contributed by atoms with van der Waals surface area (Å²) >= 11 is 9.72. The largest absolute Gasteiger partial charge is 0.493 e. The number of esters is 1. The van der Waals surface area contributed by atoms with Gasteiger partial charge in [-0.25, -0.2) is 4.79 Å². The molecule has 0 N–H and O–H groups in total. The van der Waals surface area contributed by atoms with Crippen LogP contribution in [0.3, 0.4) is 0 Å². The van der Waals surface area contributed by atoms with Crippen molar-refractivity contribution in [3.8, 4) is 11.5 Å². The molecule has 0 aromatic heterocycles. The van der Waals surface area contributed by atoms with E-state index in [1.807, 2.05) is 29.6 Å². The number of hydrogen-bond donors (Lipinski definition) is 0. The van der Waals surface area contributed by atoms with E-state index in [4.69, 9.17) is 20.5 Å². The van der Waals surface area contributed by atoms with Crippen molar-refractivity contribution in [1.82, 2.24) is 0 Å². The minimum absolute atomic E-state index is 0.0624. The molecule has 0 bridgehead atoms. The van der Waals surface area contributed by atoms with E-state index in [0.29, 0.717) is 10.3 Å². The number of hydrogen-bond acceptors (Lipinski definition) is 8. The molecular formula is C18H17ClO6S3. The first-order chi connectivity index (χ1) is 13.4. The number of carbonyl (C=O) groups is 1. The molecule has 1 saturated heterocycles. The zero-order chi connectivity index (χ0) is 20.3. The number of halogens is 1. The lowest BCUT2D eigenvalue weighted by Crippen LogP contribution is -2.12. The average Bonchev–Trinajstić information content (AvgIpc) is 3.21. The number of carbonyl (C=O) groups excluding carboxylic acids is 1. The Morgan fingerprint density at radius 1 is 1.07 bits per heavy atom. The summed E-state index contributed by atoms with van der Waals surface area (Å²) < 4.78 is 40.9. The zero-order valence-corrected chi connectivity index (χ0v) is 18.2. The van der Waals surface area contributed by atoms with E-state index in [2.05, 4.69) is 4.74 Å². The molecule has 1 heterocycles. The lowest BCUT2D eigenvalue weighted by Gasteiger charge is -2.15. The van der Waals surface area contributed by atoms with Crippen molar-refractivity contribution in [2.24, 2.45) is 0 Å². The number of benzene rings is 2. The van der Waals surface area contributed by atoms with Crippen LogP contribution >= 0.6 is 35.1 Å². The molecule has 1 aliphatic heterocycles. The lowest BCUT2D eigenvalue weighted by molar-refractivity contribution is 0.0600. The van der Waals surface area contributed by atoms with Crippen LogP contribution in [0.2, 0.25) is 5.02 Å². The van der Waals surface area contributed by atoms with Crippen molar-refractivity contribution in [2.75, 3.05) is 25.7 Å². The van der Waals surface area contributed by atoms with Gasteiger partial charge in [0.15, 0.2) is 11.5 Å². The molecule has 0 radical (unpaired) electrons. The fraction of sp³-hybridized carbons (Fsp3) is 0.278. The van der Waals surface area contributed by atoms with Crippen LogP contribution in [0.15, 0.2) is 41.3 Å². The Morgan fingerprint density at radius 3 is 2.39 bits per heavy atom. The van der Waals surface area contributed by atoms with Gasteiger partial charge in [-0.3, -0.25) is 0 Å². The van der Waals surface area contributed by atoms with Gasteiger partial charge in [0.05, 0.1) is 29.4 Å². The Hall–Kier alpha value is -1.55. The second kappa shape index (κ2) is 8.86. The highest BCUT2D eigenvalue weighted by Gasteiger charge is 2.25. The molecule has 0 spiro atoms. The summed E-state index contributed by atoms with van der Waals surface area (Å²) in [6, 6.07) is 8.91. The first-order valence-corrected chi connectivity index (χ1v) is 12.0. The molecule has 1 aliphatic rings. The normalized spacial score (nSPS) is 14.7. The van der Waals surface area contributed by atoms with Gasteiger partial charge in [-0.2, -0.15) is 8.42 Å². The average molecular weight is 461 g/mol. The third-order valence-corrected chi connectivity index (χ3v) is 8.73. The highest BCUT2D eigenvalue weighted by molar-refractivity contribution is 8.19. The first-order valence-electron chi connectivity index (χ1n) is 8.09. The van der Waals surface area contributed by atoms with Gasteiger partial charge in [-0.05, 0) is 35.9 Å². The lowest BCUT2D eigenvalue weighted by atomic mass is 10.2. The summed E-state index contributed by atoms with van der Waals surface area (Å²) in [6.45, 7) is 0. The Bertz CT molecular complexity index is 987. The van der Waals surface area contributed by atoms with Gasteiger partial charge >= 0.3 is 16.1 Å². The smallest absolute Gasteiger partial charge is 0.340 e. The van der Waals surface area contributed by atoms with Gasteiger partial charge < -0.3 is 13.7 Å². The van der Waals surface area contributed by atoms with Crippen molar-refractivity contribution in [3.63, 3.8) is 0 Å². The van der Waals surface area contributed by atoms with E-state index >= 15 is 0 Å². The molecule has 0 atom stereocenters. The predicted molar refractivity (Wildman–Crippen MR) is 111 cm³/mol.